The number of benzene rings is 3. The van der Waals surface area contributed by atoms with Gasteiger partial charge in [0.15, 0.2) is 0 Å². The monoisotopic (exact) mass is 503 g/mol. The lowest BCUT2D eigenvalue weighted by atomic mass is 10.1. The number of rotatable bonds is 8. The molecule has 0 aromatic heterocycles. The van der Waals surface area contributed by atoms with Gasteiger partial charge >= 0.3 is 6.09 Å². The number of nitrogens with two attached hydrogens (primary N) is 2. The molecule has 3 aromatic carbocycles. The molecule has 0 aliphatic carbocycles. The second-order valence-electron chi connectivity index (χ2n) is 8.60. The third-order valence-electron chi connectivity index (χ3n) is 6.03. The predicted octanol–water partition coefficient (Wildman–Crippen LogP) is 3.24. The summed E-state index contributed by atoms with van der Waals surface area (Å²) in [5, 5.41) is 16.7. The van der Waals surface area contributed by atoms with E-state index in [0.29, 0.717) is 48.0 Å². The number of carbonyl (C=O) groups is 2. The fraction of sp³-hybridized carbons (Fsp3) is 0.222. The minimum Gasteiger partial charge on any atom is -0.489 e. The summed E-state index contributed by atoms with van der Waals surface area (Å²) in [6, 6.07) is 19.5. The molecular weight excluding hydrogens is 474 g/mol. The number of hydrogen-bond acceptors (Lipinski definition) is 6. The van der Waals surface area contributed by atoms with Crippen LogP contribution < -0.4 is 20.9 Å². The summed E-state index contributed by atoms with van der Waals surface area (Å²) < 4.78 is 12.0. The molecule has 3 aromatic rings. The number of carbonyl (C=O) groups excluding carboxylic acids is 1. The Balaban J connectivity index is 1.55. The van der Waals surface area contributed by atoms with E-state index in [-0.39, 0.29) is 31.4 Å². The van der Waals surface area contributed by atoms with Crippen molar-refractivity contribution in [3.8, 4) is 17.2 Å². The highest BCUT2D eigenvalue weighted by Crippen LogP contribution is 2.29. The summed E-state index contributed by atoms with van der Waals surface area (Å²) in [5.41, 5.74) is 14.1. The number of carboxylic acid groups (broad SMARTS) is 1. The number of nitrogens with zero attached hydrogens (tertiary/aromatic N) is 2. The number of amides is 2. The van der Waals surface area contributed by atoms with E-state index in [9.17, 15) is 14.7 Å². The lowest BCUT2D eigenvalue weighted by Gasteiger charge is -2.33. The second kappa shape index (κ2) is 11.4. The van der Waals surface area contributed by atoms with Gasteiger partial charge in [0.2, 0.25) is 0 Å². The van der Waals surface area contributed by atoms with Crippen molar-refractivity contribution in [1.29, 1.82) is 5.41 Å². The first kappa shape index (κ1) is 25.5. The third-order valence-corrected chi connectivity index (χ3v) is 6.03. The Kier molecular flexibility index (Phi) is 7.89. The zero-order valence-electron chi connectivity index (χ0n) is 20.2. The van der Waals surface area contributed by atoms with Crippen molar-refractivity contribution in [2.24, 2.45) is 11.5 Å². The van der Waals surface area contributed by atoms with Crippen LogP contribution >= 0.6 is 0 Å². The molecule has 1 saturated heterocycles. The maximum atomic E-state index is 13.3. The maximum Gasteiger partial charge on any atom is 0.407 e. The first-order valence-electron chi connectivity index (χ1n) is 11.8. The van der Waals surface area contributed by atoms with Gasteiger partial charge in [-0.25, -0.2) is 4.79 Å². The van der Waals surface area contributed by atoms with Gasteiger partial charge in [-0.2, -0.15) is 0 Å². The molecule has 192 valence electrons. The van der Waals surface area contributed by atoms with Crippen LogP contribution in [0.3, 0.4) is 0 Å². The highest BCUT2D eigenvalue weighted by Gasteiger charge is 2.25. The first-order chi connectivity index (χ1) is 17.8. The SMILES string of the molecule is N=C(N)c1ccc(Oc2cc(OCc3ccc(CN)cc3)cc(C(=O)N3CCN(C(=O)O)CC3)c2)cc1. The summed E-state index contributed by atoms with van der Waals surface area (Å²) in [7, 11) is 0. The smallest absolute Gasteiger partial charge is 0.407 e. The van der Waals surface area contributed by atoms with Gasteiger partial charge in [0.05, 0.1) is 0 Å². The first-order valence-corrected chi connectivity index (χ1v) is 11.8. The van der Waals surface area contributed by atoms with Crippen LogP contribution in [0, 0.1) is 5.41 Å². The molecule has 10 heteroatoms. The van der Waals surface area contributed by atoms with Crippen molar-refractivity contribution >= 4 is 17.8 Å². The van der Waals surface area contributed by atoms with Gasteiger partial charge in [-0.05, 0) is 47.5 Å². The second-order valence-corrected chi connectivity index (χ2v) is 8.60. The van der Waals surface area contributed by atoms with E-state index in [1.54, 1.807) is 47.4 Å². The van der Waals surface area contributed by atoms with Gasteiger partial charge in [0.25, 0.3) is 5.91 Å². The molecule has 2 amide bonds. The quantitative estimate of drug-likeness (QED) is 0.272. The summed E-state index contributed by atoms with van der Waals surface area (Å²) in [6.45, 7) is 1.84. The minimum atomic E-state index is -0.992. The molecule has 1 fully saturated rings. The van der Waals surface area contributed by atoms with Gasteiger partial charge < -0.3 is 35.8 Å². The fourth-order valence-electron chi connectivity index (χ4n) is 3.90. The van der Waals surface area contributed by atoms with Gasteiger partial charge in [-0.1, -0.05) is 24.3 Å². The third kappa shape index (κ3) is 6.56. The molecule has 0 atom stereocenters. The Morgan fingerprint density at radius 1 is 0.811 bits per heavy atom. The van der Waals surface area contributed by atoms with Crippen molar-refractivity contribution in [2.45, 2.75) is 13.2 Å². The number of ether oxygens (including phenoxy) is 2. The molecule has 1 heterocycles. The van der Waals surface area contributed by atoms with Crippen LogP contribution in [0.2, 0.25) is 0 Å². The van der Waals surface area contributed by atoms with Gasteiger partial charge in [-0.3, -0.25) is 10.2 Å². The summed E-state index contributed by atoms with van der Waals surface area (Å²) in [4.78, 5) is 27.4. The summed E-state index contributed by atoms with van der Waals surface area (Å²) >= 11 is 0. The largest absolute Gasteiger partial charge is 0.489 e. The molecule has 0 unspecified atom stereocenters. The van der Waals surface area contributed by atoms with Crippen molar-refractivity contribution in [1.82, 2.24) is 9.80 Å². The molecule has 1 aliphatic heterocycles. The fourth-order valence-corrected chi connectivity index (χ4v) is 3.90. The van der Waals surface area contributed by atoms with E-state index in [0.717, 1.165) is 11.1 Å². The Bertz CT molecular complexity index is 1270. The summed E-state index contributed by atoms with van der Waals surface area (Å²) in [6.07, 6.45) is -0.992. The van der Waals surface area contributed by atoms with Crippen LogP contribution in [0.4, 0.5) is 4.79 Å². The molecule has 0 radical (unpaired) electrons. The number of nitrogen functional groups attached to an aromatic ring is 1. The Labute approximate surface area is 214 Å². The van der Waals surface area contributed by atoms with E-state index in [4.69, 9.17) is 26.4 Å². The van der Waals surface area contributed by atoms with Gasteiger partial charge in [0, 0.05) is 49.9 Å². The van der Waals surface area contributed by atoms with E-state index >= 15 is 0 Å². The standard InChI is InChI=1S/C27H29N5O5/c28-16-18-1-3-19(4-2-18)17-36-23-13-21(26(33)31-9-11-32(12-10-31)27(34)35)14-24(15-23)37-22-7-5-20(6-8-22)25(29)30/h1-8,13-15H,9-12,16-17,28H2,(H3,29,30)(H,34,35). The number of hydrogen-bond donors (Lipinski definition) is 4. The van der Waals surface area contributed by atoms with Crippen LogP contribution in [0.5, 0.6) is 17.2 Å². The molecule has 37 heavy (non-hydrogen) atoms. The van der Waals surface area contributed by atoms with Crippen molar-refractivity contribution in [3.05, 3.63) is 89.0 Å². The highest BCUT2D eigenvalue weighted by atomic mass is 16.5. The predicted molar refractivity (Wildman–Crippen MR) is 138 cm³/mol. The molecule has 0 bridgehead atoms. The molecular formula is C27H29N5O5. The minimum absolute atomic E-state index is 0.0441. The van der Waals surface area contributed by atoms with Crippen LogP contribution in [-0.4, -0.2) is 58.9 Å². The summed E-state index contributed by atoms with van der Waals surface area (Å²) in [5.74, 6) is 1.08. The molecule has 10 nitrogen and oxygen atoms in total. The number of piperazine rings is 1. The average molecular weight is 504 g/mol. The van der Waals surface area contributed by atoms with Crippen LogP contribution in [0.25, 0.3) is 0 Å². The van der Waals surface area contributed by atoms with Crippen molar-refractivity contribution < 1.29 is 24.2 Å². The van der Waals surface area contributed by atoms with Crippen molar-refractivity contribution in [3.63, 3.8) is 0 Å². The van der Waals surface area contributed by atoms with Gasteiger partial charge in [0.1, 0.15) is 29.7 Å². The normalized spacial score (nSPS) is 13.2. The molecule has 6 N–H and O–H groups in total. The zero-order valence-corrected chi connectivity index (χ0v) is 20.2. The Morgan fingerprint density at radius 2 is 1.41 bits per heavy atom. The van der Waals surface area contributed by atoms with E-state index < -0.39 is 6.09 Å². The van der Waals surface area contributed by atoms with Crippen molar-refractivity contribution in [2.75, 3.05) is 26.2 Å². The number of nitrogens with one attached hydrogen (secondary N) is 1. The van der Waals surface area contributed by atoms with E-state index in [1.165, 1.54) is 4.90 Å². The van der Waals surface area contributed by atoms with E-state index in [1.807, 2.05) is 24.3 Å². The lowest BCUT2D eigenvalue weighted by molar-refractivity contribution is 0.0624. The van der Waals surface area contributed by atoms with Gasteiger partial charge in [-0.15, -0.1) is 0 Å². The Morgan fingerprint density at radius 3 is 2.00 bits per heavy atom. The zero-order chi connectivity index (χ0) is 26.4. The molecule has 4 rings (SSSR count). The molecule has 0 saturated carbocycles. The lowest BCUT2D eigenvalue weighted by Crippen LogP contribution is -2.50. The van der Waals surface area contributed by atoms with Crippen LogP contribution in [0.1, 0.15) is 27.0 Å². The van der Waals surface area contributed by atoms with Crippen LogP contribution in [0.15, 0.2) is 66.7 Å². The highest BCUT2D eigenvalue weighted by molar-refractivity contribution is 5.95. The molecule has 1 aliphatic rings. The maximum absolute atomic E-state index is 13.3. The Hall–Kier alpha value is -4.57. The molecule has 0 spiro atoms. The topological polar surface area (TPSA) is 155 Å². The average Bonchev–Trinajstić information content (AvgIpc) is 2.92. The number of amidine groups is 1. The van der Waals surface area contributed by atoms with Crippen LogP contribution in [-0.2, 0) is 13.2 Å². The van der Waals surface area contributed by atoms with E-state index in [2.05, 4.69) is 0 Å².